The van der Waals surface area contributed by atoms with Gasteiger partial charge >= 0.3 is 0 Å². The second-order valence-corrected chi connectivity index (χ2v) is 7.42. The lowest BCUT2D eigenvalue weighted by Crippen LogP contribution is -2.20. The summed E-state index contributed by atoms with van der Waals surface area (Å²) in [6.07, 6.45) is 1.56. The lowest BCUT2D eigenvalue weighted by molar-refractivity contribution is 0.0174. The lowest BCUT2D eigenvalue weighted by atomic mass is 9.97. The summed E-state index contributed by atoms with van der Waals surface area (Å²) in [4.78, 5) is 4.21. The monoisotopic (exact) mass is 346 g/mol. The summed E-state index contributed by atoms with van der Waals surface area (Å²) in [6.45, 7) is 0.785. The number of hydrogen-bond acceptors (Lipinski definition) is 3. The van der Waals surface area contributed by atoms with Crippen LogP contribution in [0.15, 0.2) is 53.6 Å². The maximum Gasteiger partial charge on any atom is 0.270 e. The molecule has 3 aromatic rings. The van der Waals surface area contributed by atoms with Gasteiger partial charge in [0.05, 0.1) is 16.1 Å². The van der Waals surface area contributed by atoms with Crippen LogP contribution in [0, 0.1) is 0 Å². The average molecular weight is 346 g/mol. The van der Waals surface area contributed by atoms with Crippen molar-refractivity contribution in [2.75, 3.05) is 4.72 Å². The molecule has 2 aromatic carbocycles. The van der Waals surface area contributed by atoms with Gasteiger partial charge in [-0.25, -0.2) is 17.2 Å². The van der Waals surface area contributed by atoms with Crippen LogP contribution in [-0.2, 0) is 15.9 Å². The van der Waals surface area contributed by atoms with Crippen LogP contribution in [-0.4, -0.2) is 13.4 Å². The van der Waals surface area contributed by atoms with Crippen molar-refractivity contribution < 1.29 is 17.2 Å². The summed E-state index contributed by atoms with van der Waals surface area (Å²) in [5.41, 5.74) is 1.37. The molecule has 1 aliphatic rings. The Balaban J connectivity index is 2.10. The van der Waals surface area contributed by atoms with Crippen LogP contribution in [0.4, 0.5) is 14.5 Å². The summed E-state index contributed by atoms with van der Waals surface area (Å²) in [5.74, 6) is -3.06. The van der Waals surface area contributed by atoms with Gasteiger partial charge in [0, 0.05) is 35.2 Å². The Morgan fingerprint density at radius 2 is 1.88 bits per heavy atom. The van der Waals surface area contributed by atoms with E-state index in [0.717, 1.165) is 18.4 Å². The molecule has 0 amide bonds. The third kappa shape index (κ3) is 2.16. The van der Waals surface area contributed by atoms with Gasteiger partial charge in [-0.15, -0.1) is 0 Å². The first-order valence-corrected chi connectivity index (χ1v) is 8.69. The van der Waals surface area contributed by atoms with Crippen molar-refractivity contribution >= 4 is 26.6 Å². The van der Waals surface area contributed by atoms with Crippen molar-refractivity contribution in [1.29, 1.82) is 0 Å². The first-order chi connectivity index (χ1) is 11.3. The Morgan fingerprint density at radius 3 is 2.62 bits per heavy atom. The molecule has 0 saturated heterocycles. The quantitative estimate of drug-likeness (QED) is 0.721. The van der Waals surface area contributed by atoms with E-state index in [-0.39, 0.29) is 16.0 Å². The molecule has 0 unspecified atom stereocenters. The zero-order valence-electron chi connectivity index (χ0n) is 12.5. The molecule has 24 heavy (non-hydrogen) atoms. The number of aromatic nitrogens is 1. The molecule has 1 aliphatic heterocycles. The van der Waals surface area contributed by atoms with E-state index in [0.29, 0.717) is 16.8 Å². The Morgan fingerprint density at radius 1 is 1.08 bits per heavy atom. The second-order valence-electron chi connectivity index (χ2n) is 5.77. The van der Waals surface area contributed by atoms with Crippen LogP contribution in [0.25, 0.3) is 22.0 Å². The van der Waals surface area contributed by atoms with Gasteiger partial charge in [-0.1, -0.05) is 24.3 Å². The SMILES string of the molecule is CC(F)(F)c1ccc2c(c1)-c1ccc3cccnc3c1NS2(=O)=O. The van der Waals surface area contributed by atoms with Crippen molar-refractivity contribution in [2.24, 2.45) is 0 Å². The molecule has 0 radical (unpaired) electrons. The van der Waals surface area contributed by atoms with E-state index in [9.17, 15) is 17.2 Å². The summed E-state index contributed by atoms with van der Waals surface area (Å²) >= 11 is 0. The smallest absolute Gasteiger partial charge is 0.270 e. The van der Waals surface area contributed by atoms with E-state index in [4.69, 9.17) is 0 Å². The van der Waals surface area contributed by atoms with E-state index in [1.54, 1.807) is 24.4 Å². The van der Waals surface area contributed by atoms with Gasteiger partial charge in [0.1, 0.15) is 0 Å². The number of rotatable bonds is 1. The third-order valence-corrected chi connectivity index (χ3v) is 5.49. The van der Waals surface area contributed by atoms with Gasteiger partial charge in [-0.3, -0.25) is 9.71 Å². The molecule has 1 N–H and O–H groups in total. The minimum Gasteiger partial charge on any atom is -0.277 e. The van der Waals surface area contributed by atoms with Crippen molar-refractivity contribution in [3.63, 3.8) is 0 Å². The molecular formula is C17H12F2N2O2S. The van der Waals surface area contributed by atoms with E-state index in [2.05, 4.69) is 9.71 Å². The molecule has 1 aromatic heterocycles. The predicted molar refractivity (Wildman–Crippen MR) is 87.6 cm³/mol. The molecule has 0 atom stereocenters. The maximum atomic E-state index is 13.7. The highest BCUT2D eigenvalue weighted by Gasteiger charge is 2.32. The fraction of sp³-hybridized carbons (Fsp3) is 0.118. The number of hydrogen-bond donors (Lipinski definition) is 1. The molecule has 4 nitrogen and oxygen atoms in total. The molecule has 122 valence electrons. The number of pyridine rings is 1. The van der Waals surface area contributed by atoms with Gasteiger partial charge in [0.25, 0.3) is 15.9 Å². The maximum absolute atomic E-state index is 13.7. The van der Waals surface area contributed by atoms with Crippen molar-refractivity contribution in [2.45, 2.75) is 17.7 Å². The van der Waals surface area contributed by atoms with Crippen LogP contribution in [0.5, 0.6) is 0 Å². The number of alkyl halides is 2. The average Bonchev–Trinajstić information content (AvgIpc) is 2.53. The lowest BCUT2D eigenvalue weighted by Gasteiger charge is -2.24. The molecule has 0 saturated carbocycles. The van der Waals surface area contributed by atoms with Crippen LogP contribution in [0.3, 0.4) is 0 Å². The first-order valence-electron chi connectivity index (χ1n) is 7.21. The zero-order chi connectivity index (χ0) is 17.1. The van der Waals surface area contributed by atoms with Crippen molar-refractivity contribution in [1.82, 2.24) is 4.98 Å². The number of sulfonamides is 1. The van der Waals surface area contributed by atoms with Gasteiger partial charge in [0.2, 0.25) is 0 Å². The highest BCUT2D eigenvalue weighted by molar-refractivity contribution is 7.93. The first kappa shape index (κ1) is 15.0. The van der Waals surface area contributed by atoms with Gasteiger partial charge in [-0.05, 0) is 18.2 Å². The molecule has 0 fully saturated rings. The summed E-state index contributed by atoms with van der Waals surface area (Å²) in [6, 6.07) is 10.7. The molecular weight excluding hydrogens is 334 g/mol. The van der Waals surface area contributed by atoms with Crippen LogP contribution in [0.1, 0.15) is 12.5 Å². The molecule has 2 heterocycles. The summed E-state index contributed by atoms with van der Waals surface area (Å²) < 4.78 is 54.9. The highest BCUT2D eigenvalue weighted by atomic mass is 32.2. The Bertz CT molecular complexity index is 1090. The number of benzene rings is 2. The third-order valence-electron chi connectivity index (χ3n) is 4.08. The Hall–Kier alpha value is -2.54. The van der Waals surface area contributed by atoms with Crippen LogP contribution < -0.4 is 4.72 Å². The summed E-state index contributed by atoms with van der Waals surface area (Å²) in [5, 5.41) is 0.763. The van der Waals surface area contributed by atoms with Gasteiger partial charge in [0.15, 0.2) is 0 Å². The molecule has 0 bridgehead atoms. The Labute approximate surface area is 137 Å². The fourth-order valence-electron chi connectivity index (χ4n) is 2.91. The van der Waals surface area contributed by atoms with E-state index >= 15 is 0 Å². The molecule has 4 rings (SSSR count). The van der Waals surface area contributed by atoms with Crippen molar-refractivity contribution in [3.8, 4) is 11.1 Å². The van der Waals surface area contributed by atoms with E-state index in [1.165, 1.54) is 12.1 Å². The van der Waals surface area contributed by atoms with E-state index < -0.39 is 15.9 Å². The number of fused-ring (bicyclic) bond motifs is 5. The highest BCUT2D eigenvalue weighted by Crippen LogP contribution is 2.44. The van der Waals surface area contributed by atoms with Crippen LogP contribution >= 0.6 is 0 Å². The number of anilines is 1. The van der Waals surface area contributed by atoms with E-state index in [1.807, 2.05) is 6.07 Å². The molecule has 0 aliphatic carbocycles. The standard InChI is InChI=1S/C17H12F2N2O2S/c1-17(18,19)11-5-7-14-13(9-11)12-6-4-10-3-2-8-20-15(10)16(12)21-24(14,22)23/h2-9,21H,1H3. The van der Waals surface area contributed by atoms with Crippen molar-refractivity contribution in [3.05, 3.63) is 54.2 Å². The second kappa shape index (κ2) is 4.73. The Kier molecular flexibility index (Phi) is 2.96. The van der Waals surface area contributed by atoms with Crippen LogP contribution in [0.2, 0.25) is 0 Å². The normalized spacial score (nSPS) is 15.5. The zero-order valence-corrected chi connectivity index (χ0v) is 13.4. The number of halogens is 2. The number of nitrogens with one attached hydrogen (secondary N) is 1. The van der Waals surface area contributed by atoms with Gasteiger partial charge < -0.3 is 0 Å². The minimum atomic E-state index is -3.84. The minimum absolute atomic E-state index is 0.0155. The van der Waals surface area contributed by atoms with Gasteiger partial charge in [-0.2, -0.15) is 0 Å². The number of nitrogens with zero attached hydrogens (tertiary/aromatic N) is 1. The largest absolute Gasteiger partial charge is 0.277 e. The predicted octanol–water partition coefficient (Wildman–Crippen LogP) is 4.13. The molecule has 7 heteroatoms. The topological polar surface area (TPSA) is 59.1 Å². The molecule has 0 spiro atoms. The fourth-order valence-corrected chi connectivity index (χ4v) is 4.20. The summed E-state index contributed by atoms with van der Waals surface area (Å²) in [7, 11) is -3.84.